The van der Waals surface area contributed by atoms with Gasteiger partial charge in [-0.2, -0.15) is 0 Å². The summed E-state index contributed by atoms with van der Waals surface area (Å²) in [6.07, 6.45) is -1.22. The van der Waals surface area contributed by atoms with Gasteiger partial charge in [-0.1, -0.05) is 38.1 Å². The van der Waals surface area contributed by atoms with E-state index in [9.17, 15) is 18.4 Å². The Morgan fingerprint density at radius 1 is 1.00 bits per heavy atom. The van der Waals surface area contributed by atoms with Crippen molar-refractivity contribution in [3.8, 4) is 0 Å². The summed E-state index contributed by atoms with van der Waals surface area (Å²) < 4.78 is 32.2. The van der Waals surface area contributed by atoms with Crippen LogP contribution in [0.25, 0.3) is 0 Å². The smallest absolute Gasteiger partial charge is 0.344 e. The number of hydrogen-bond acceptors (Lipinski definition) is 3. The zero-order chi connectivity index (χ0) is 19.4. The third kappa shape index (κ3) is 4.25. The number of ether oxygens (including phenoxy) is 1. The van der Waals surface area contributed by atoms with E-state index in [0.29, 0.717) is 5.69 Å². The average molecular weight is 361 g/mol. The molecule has 1 N–H and O–H groups in total. The van der Waals surface area contributed by atoms with Gasteiger partial charge in [0.15, 0.2) is 6.10 Å². The van der Waals surface area contributed by atoms with Crippen molar-refractivity contribution in [3.05, 3.63) is 64.7 Å². The molecule has 0 radical (unpaired) electrons. The van der Waals surface area contributed by atoms with Gasteiger partial charge in [0.05, 0.1) is 0 Å². The molecule has 0 bridgehead atoms. The molecule has 0 aliphatic heterocycles. The molecular formula is C20H21F2NO3. The van der Waals surface area contributed by atoms with Crippen LogP contribution in [0.5, 0.6) is 0 Å². The molecule has 0 aliphatic carbocycles. The fourth-order valence-corrected chi connectivity index (χ4v) is 2.53. The highest BCUT2D eigenvalue weighted by atomic mass is 19.1. The van der Waals surface area contributed by atoms with Crippen LogP contribution in [0.4, 0.5) is 14.5 Å². The van der Waals surface area contributed by atoms with E-state index in [4.69, 9.17) is 4.74 Å². The highest BCUT2D eigenvalue weighted by molar-refractivity contribution is 5.98. The lowest BCUT2D eigenvalue weighted by molar-refractivity contribution is -0.123. The lowest BCUT2D eigenvalue weighted by Gasteiger charge is -2.19. The molecule has 138 valence electrons. The number of carbonyl (C=O) groups is 2. The Labute approximate surface area is 151 Å². The van der Waals surface area contributed by atoms with Crippen LogP contribution in [0.15, 0.2) is 36.4 Å². The molecule has 0 saturated heterocycles. The summed E-state index contributed by atoms with van der Waals surface area (Å²) in [4.78, 5) is 24.4. The molecule has 2 rings (SSSR count). The summed E-state index contributed by atoms with van der Waals surface area (Å²) in [5, 5.41) is 2.74. The Hall–Kier alpha value is -2.76. The van der Waals surface area contributed by atoms with Gasteiger partial charge in [0.1, 0.15) is 17.2 Å². The first-order valence-corrected chi connectivity index (χ1v) is 8.27. The molecule has 0 spiro atoms. The molecule has 2 aromatic carbocycles. The summed E-state index contributed by atoms with van der Waals surface area (Å²) in [6.45, 7) is 7.19. The molecule has 0 saturated carbocycles. The summed E-state index contributed by atoms with van der Waals surface area (Å²) >= 11 is 0. The number of nitrogens with one attached hydrogen (secondary N) is 1. The minimum atomic E-state index is -1.22. The van der Waals surface area contributed by atoms with Crippen LogP contribution in [0.2, 0.25) is 0 Å². The summed E-state index contributed by atoms with van der Waals surface area (Å²) in [5.41, 5.74) is 1.64. The van der Waals surface area contributed by atoms with Gasteiger partial charge in [0.25, 0.3) is 5.91 Å². The molecule has 1 amide bonds. The van der Waals surface area contributed by atoms with Crippen LogP contribution in [0.1, 0.15) is 48.2 Å². The lowest BCUT2D eigenvalue weighted by Crippen LogP contribution is -2.31. The number of benzene rings is 2. The van der Waals surface area contributed by atoms with Crippen molar-refractivity contribution in [1.82, 2.24) is 0 Å². The van der Waals surface area contributed by atoms with Crippen LogP contribution in [-0.4, -0.2) is 18.0 Å². The third-order valence-electron chi connectivity index (χ3n) is 4.00. The molecule has 1 atom stereocenters. The Bertz CT molecular complexity index is 814. The summed E-state index contributed by atoms with van der Waals surface area (Å²) in [6, 6.07) is 8.69. The van der Waals surface area contributed by atoms with Gasteiger partial charge in [0, 0.05) is 5.69 Å². The quantitative estimate of drug-likeness (QED) is 0.793. The van der Waals surface area contributed by atoms with Crippen molar-refractivity contribution >= 4 is 17.6 Å². The van der Waals surface area contributed by atoms with E-state index < -0.39 is 35.2 Å². The number of anilines is 1. The molecule has 6 heteroatoms. The second-order valence-corrected chi connectivity index (χ2v) is 6.33. The zero-order valence-electron chi connectivity index (χ0n) is 15.1. The van der Waals surface area contributed by atoms with Gasteiger partial charge in [-0.15, -0.1) is 0 Å². The molecular weight excluding hydrogens is 340 g/mol. The van der Waals surface area contributed by atoms with Crippen LogP contribution < -0.4 is 5.32 Å². The number of rotatable bonds is 5. The topological polar surface area (TPSA) is 55.4 Å². The predicted molar refractivity (Wildman–Crippen MR) is 95.1 cm³/mol. The first-order valence-electron chi connectivity index (χ1n) is 8.27. The highest BCUT2D eigenvalue weighted by Crippen LogP contribution is 2.27. The minimum absolute atomic E-state index is 0.176. The molecule has 0 aliphatic rings. The number of halogens is 2. The van der Waals surface area contributed by atoms with E-state index in [1.807, 2.05) is 39.0 Å². The fourth-order valence-electron chi connectivity index (χ4n) is 2.53. The number of amides is 1. The van der Waals surface area contributed by atoms with Gasteiger partial charge < -0.3 is 10.1 Å². The van der Waals surface area contributed by atoms with Gasteiger partial charge in [-0.05, 0) is 43.0 Å². The van der Waals surface area contributed by atoms with Crippen molar-refractivity contribution in [2.75, 3.05) is 5.32 Å². The van der Waals surface area contributed by atoms with Crippen LogP contribution in [-0.2, 0) is 9.53 Å². The first-order chi connectivity index (χ1) is 12.2. The summed E-state index contributed by atoms with van der Waals surface area (Å²) in [7, 11) is 0. The van der Waals surface area contributed by atoms with E-state index in [0.717, 1.165) is 29.3 Å². The SMILES string of the molecule is Cc1cccc(C(C)C)c1NC(=O)[C@@H](C)OC(=O)c1c(F)cccc1F. The van der Waals surface area contributed by atoms with Gasteiger partial charge in [-0.25, -0.2) is 13.6 Å². The normalized spacial score (nSPS) is 12.0. The Morgan fingerprint density at radius 3 is 2.15 bits per heavy atom. The maximum Gasteiger partial charge on any atom is 0.344 e. The van der Waals surface area contributed by atoms with E-state index in [1.54, 1.807) is 0 Å². The number of carbonyl (C=O) groups excluding carboxylic acids is 2. The van der Waals surface area contributed by atoms with Crippen LogP contribution in [0.3, 0.4) is 0 Å². The number of aryl methyl sites for hydroxylation is 1. The predicted octanol–water partition coefficient (Wildman–Crippen LogP) is 4.58. The maximum absolute atomic E-state index is 13.7. The molecule has 0 heterocycles. The van der Waals surface area contributed by atoms with Crippen molar-refractivity contribution in [1.29, 1.82) is 0 Å². The number of hydrogen-bond donors (Lipinski definition) is 1. The van der Waals surface area contributed by atoms with Crippen molar-refractivity contribution < 1.29 is 23.1 Å². The van der Waals surface area contributed by atoms with Gasteiger partial charge in [0.2, 0.25) is 0 Å². The molecule has 0 fully saturated rings. The van der Waals surface area contributed by atoms with Crippen LogP contribution >= 0.6 is 0 Å². The van der Waals surface area contributed by atoms with Gasteiger partial charge in [-0.3, -0.25) is 4.79 Å². The zero-order valence-corrected chi connectivity index (χ0v) is 15.1. The highest BCUT2D eigenvalue weighted by Gasteiger charge is 2.25. The van der Waals surface area contributed by atoms with Crippen molar-refractivity contribution in [3.63, 3.8) is 0 Å². The van der Waals surface area contributed by atoms with Crippen LogP contribution in [0, 0.1) is 18.6 Å². The minimum Gasteiger partial charge on any atom is -0.449 e. The van der Waals surface area contributed by atoms with E-state index in [2.05, 4.69) is 5.32 Å². The summed E-state index contributed by atoms with van der Waals surface area (Å²) in [5.74, 6) is -3.70. The standard InChI is InChI=1S/C20H21F2NO3/c1-11(2)14-8-5-7-12(3)18(14)23-19(24)13(4)26-20(25)17-15(21)9-6-10-16(17)22/h5-11,13H,1-4H3,(H,23,24)/t13-/m1/s1. The fraction of sp³-hybridized carbons (Fsp3) is 0.300. The number of esters is 1. The van der Waals surface area contributed by atoms with Gasteiger partial charge >= 0.3 is 5.97 Å². The van der Waals surface area contributed by atoms with E-state index >= 15 is 0 Å². The Balaban J connectivity index is 2.15. The number of para-hydroxylation sites is 1. The first kappa shape index (κ1) is 19.6. The molecule has 26 heavy (non-hydrogen) atoms. The maximum atomic E-state index is 13.7. The second kappa shape index (κ2) is 8.08. The molecule has 0 unspecified atom stereocenters. The van der Waals surface area contributed by atoms with Crippen molar-refractivity contribution in [2.45, 2.75) is 39.7 Å². The van der Waals surface area contributed by atoms with E-state index in [1.165, 1.54) is 6.92 Å². The second-order valence-electron chi connectivity index (χ2n) is 6.33. The Kier molecular flexibility index (Phi) is 6.08. The monoisotopic (exact) mass is 361 g/mol. The molecule has 2 aromatic rings. The lowest BCUT2D eigenvalue weighted by atomic mass is 9.98. The third-order valence-corrected chi connectivity index (χ3v) is 4.00. The largest absolute Gasteiger partial charge is 0.449 e. The van der Waals surface area contributed by atoms with E-state index in [-0.39, 0.29) is 5.92 Å². The average Bonchev–Trinajstić information content (AvgIpc) is 2.56. The molecule has 4 nitrogen and oxygen atoms in total. The molecule has 0 aromatic heterocycles. The van der Waals surface area contributed by atoms with Crippen molar-refractivity contribution in [2.24, 2.45) is 0 Å². The Morgan fingerprint density at radius 2 is 1.58 bits per heavy atom.